The van der Waals surface area contributed by atoms with Crippen LogP contribution in [0.3, 0.4) is 0 Å². The molecule has 3 aliphatic rings. The van der Waals surface area contributed by atoms with E-state index in [0.717, 1.165) is 11.8 Å². The van der Waals surface area contributed by atoms with Crippen LogP contribution in [0.1, 0.15) is 25.7 Å². The molecule has 3 heteroatoms. The number of fused-ring (bicyclic) bond motifs is 1. The van der Waals surface area contributed by atoms with E-state index in [9.17, 15) is 9.59 Å². The molecule has 3 rings (SSSR count). The van der Waals surface area contributed by atoms with E-state index in [0.29, 0.717) is 12.3 Å². The van der Waals surface area contributed by atoms with Crippen LogP contribution < -0.4 is 5.32 Å². The fourth-order valence-corrected chi connectivity index (χ4v) is 3.17. The zero-order chi connectivity index (χ0) is 9.00. The van der Waals surface area contributed by atoms with Gasteiger partial charge in [0.25, 0.3) is 0 Å². The summed E-state index contributed by atoms with van der Waals surface area (Å²) in [6.07, 6.45) is 4.21. The highest BCUT2D eigenvalue weighted by atomic mass is 16.2. The highest BCUT2D eigenvalue weighted by molar-refractivity contribution is 6.03. The summed E-state index contributed by atoms with van der Waals surface area (Å²) in [6, 6.07) is 0. The first-order valence-corrected chi connectivity index (χ1v) is 5.09. The number of hydrogen-bond donors (Lipinski definition) is 1. The molecular formula is C10H13NO2. The predicted octanol–water partition coefficient (Wildman–Crippen LogP) is 0.695. The van der Waals surface area contributed by atoms with Crippen LogP contribution in [0.2, 0.25) is 0 Å². The Morgan fingerprint density at radius 3 is 2.46 bits per heavy atom. The van der Waals surface area contributed by atoms with Crippen molar-refractivity contribution in [3.8, 4) is 0 Å². The van der Waals surface area contributed by atoms with Crippen molar-refractivity contribution < 1.29 is 9.59 Å². The molecule has 0 spiro atoms. The number of rotatable bonds is 1. The maximum absolute atomic E-state index is 11.4. The number of carbonyl (C=O) groups is 2. The quantitative estimate of drug-likeness (QED) is 0.602. The molecule has 0 aromatic carbocycles. The first-order chi connectivity index (χ1) is 6.25. The van der Waals surface area contributed by atoms with Gasteiger partial charge >= 0.3 is 0 Å². The monoisotopic (exact) mass is 179 g/mol. The third-order valence-corrected chi connectivity index (χ3v) is 3.92. The first kappa shape index (κ1) is 7.54. The van der Waals surface area contributed by atoms with Gasteiger partial charge in [-0.15, -0.1) is 0 Å². The van der Waals surface area contributed by atoms with Gasteiger partial charge in [0.05, 0.1) is 5.92 Å². The molecule has 0 aromatic heterocycles. The molecule has 2 saturated carbocycles. The van der Waals surface area contributed by atoms with Crippen LogP contribution in [-0.4, -0.2) is 11.8 Å². The largest absolute Gasteiger partial charge is 0.296 e. The zero-order valence-electron chi connectivity index (χ0n) is 7.45. The molecule has 1 heterocycles. The summed E-state index contributed by atoms with van der Waals surface area (Å²) < 4.78 is 0. The molecule has 0 aromatic rings. The van der Waals surface area contributed by atoms with Gasteiger partial charge in [-0.1, -0.05) is 0 Å². The van der Waals surface area contributed by atoms with Gasteiger partial charge in [0.1, 0.15) is 0 Å². The second-order valence-corrected chi connectivity index (χ2v) is 4.62. The number of carbonyl (C=O) groups excluding carboxylic acids is 2. The van der Waals surface area contributed by atoms with Crippen molar-refractivity contribution in [3.63, 3.8) is 0 Å². The van der Waals surface area contributed by atoms with Crippen LogP contribution in [-0.2, 0) is 9.59 Å². The second kappa shape index (κ2) is 2.34. The number of imide groups is 1. The molecule has 2 amide bonds. The zero-order valence-corrected chi connectivity index (χ0v) is 7.45. The van der Waals surface area contributed by atoms with Crippen LogP contribution in [0.4, 0.5) is 0 Å². The highest BCUT2D eigenvalue weighted by Gasteiger charge is 2.53. The fraction of sp³-hybridized carbons (Fsp3) is 0.800. The fourth-order valence-electron chi connectivity index (χ4n) is 3.17. The van der Waals surface area contributed by atoms with Crippen molar-refractivity contribution >= 4 is 11.8 Å². The molecule has 70 valence electrons. The van der Waals surface area contributed by atoms with Crippen LogP contribution in [0.25, 0.3) is 0 Å². The third kappa shape index (κ3) is 1.02. The van der Waals surface area contributed by atoms with Crippen LogP contribution in [0.5, 0.6) is 0 Å². The van der Waals surface area contributed by atoms with E-state index in [1.54, 1.807) is 0 Å². The molecule has 0 bridgehead atoms. The van der Waals surface area contributed by atoms with Gasteiger partial charge in [0.2, 0.25) is 11.8 Å². The van der Waals surface area contributed by atoms with Gasteiger partial charge in [-0.3, -0.25) is 14.9 Å². The van der Waals surface area contributed by atoms with Crippen molar-refractivity contribution in [2.45, 2.75) is 25.7 Å². The van der Waals surface area contributed by atoms with Gasteiger partial charge in [0.15, 0.2) is 0 Å². The van der Waals surface area contributed by atoms with E-state index in [-0.39, 0.29) is 17.7 Å². The van der Waals surface area contributed by atoms with E-state index in [1.165, 1.54) is 19.3 Å². The maximum Gasteiger partial charge on any atom is 0.230 e. The lowest BCUT2D eigenvalue weighted by Crippen LogP contribution is -2.26. The summed E-state index contributed by atoms with van der Waals surface area (Å²) in [6.45, 7) is 0. The lowest BCUT2D eigenvalue weighted by atomic mass is 9.87. The predicted molar refractivity (Wildman–Crippen MR) is 45.6 cm³/mol. The lowest BCUT2D eigenvalue weighted by Gasteiger charge is -2.15. The minimum atomic E-state index is -0.0703. The molecular weight excluding hydrogens is 166 g/mol. The van der Waals surface area contributed by atoms with Gasteiger partial charge in [-0.25, -0.2) is 0 Å². The van der Waals surface area contributed by atoms with Crippen LogP contribution in [0.15, 0.2) is 0 Å². The SMILES string of the molecule is O=C1CC(C2CCC3CC32)C(=O)N1. The molecule has 0 radical (unpaired) electrons. The summed E-state index contributed by atoms with van der Waals surface area (Å²) >= 11 is 0. The maximum atomic E-state index is 11.4. The molecule has 3 nitrogen and oxygen atoms in total. The number of amides is 2. The summed E-state index contributed by atoms with van der Waals surface area (Å²) in [5.41, 5.74) is 0. The first-order valence-electron chi connectivity index (χ1n) is 5.09. The second-order valence-electron chi connectivity index (χ2n) is 4.62. The Morgan fingerprint density at radius 2 is 2.00 bits per heavy atom. The Balaban J connectivity index is 1.77. The van der Waals surface area contributed by atoms with Gasteiger partial charge < -0.3 is 0 Å². The Labute approximate surface area is 76.9 Å². The summed E-state index contributed by atoms with van der Waals surface area (Å²) in [7, 11) is 0. The Bertz CT molecular complexity index is 287. The Morgan fingerprint density at radius 1 is 1.15 bits per heavy atom. The highest BCUT2D eigenvalue weighted by Crippen LogP contribution is 2.58. The lowest BCUT2D eigenvalue weighted by molar-refractivity contribution is -0.126. The van der Waals surface area contributed by atoms with E-state index in [1.807, 2.05) is 0 Å². The van der Waals surface area contributed by atoms with Gasteiger partial charge in [-0.05, 0) is 37.0 Å². The minimum absolute atomic E-state index is 0.0115. The molecule has 13 heavy (non-hydrogen) atoms. The van der Waals surface area contributed by atoms with E-state index < -0.39 is 0 Å². The third-order valence-electron chi connectivity index (χ3n) is 3.92. The molecule has 4 atom stereocenters. The molecule has 1 N–H and O–H groups in total. The van der Waals surface area contributed by atoms with Gasteiger partial charge in [-0.2, -0.15) is 0 Å². The minimum Gasteiger partial charge on any atom is -0.296 e. The summed E-state index contributed by atoms with van der Waals surface area (Å²) in [5, 5.41) is 2.40. The Kier molecular flexibility index (Phi) is 1.35. The smallest absolute Gasteiger partial charge is 0.230 e. The topological polar surface area (TPSA) is 46.2 Å². The van der Waals surface area contributed by atoms with Crippen molar-refractivity contribution in [2.24, 2.45) is 23.7 Å². The Hall–Kier alpha value is -0.860. The molecule has 4 unspecified atom stereocenters. The van der Waals surface area contributed by atoms with Crippen molar-refractivity contribution in [3.05, 3.63) is 0 Å². The van der Waals surface area contributed by atoms with Crippen molar-refractivity contribution in [2.75, 3.05) is 0 Å². The number of hydrogen-bond acceptors (Lipinski definition) is 2. The molecule has 2 aliphatic carbocycles. The molecule has 1 saturated heterocycles. The summed E-state index contributed by atoms with van der Waals surface area (Å²) in [4.78, 5) is 22.4. The molecule has 1 aliphatic heterocycles. The van der Waals surface area contributed by atoms with E-state index in [4.69, 9.17) is 0 Å². The van der Waals surface area contributed by atoms with Crippen molar-refractivity contribution in [1.82, 2.24) is 5.32 Å². The van der Waals surface area contributed by atoms with E-state index >= 15 is 0 Å². The van der Waals surface area contributed by atoms with Gasteiger partial charge in [0, 0.05) is 6.42 Å². The van der Waals surface area contributed by atoms with Crippen LogP contribution >= 0.6 is 0 Å². The average Bonchev–Trinajstić information content (AvgIpc) is 2.62. The average molecular weight is 179 g/mol. The van der Waals surface area contributed by atoms with Crippen molar-refractivity contribution in [1.29, 1.82) is 0 Å². The van der Waals surface area contributed by atoms with Crippen LogP contribution in [0, 0.1) is 23.7 Å². The number of nitrogens with one attached hydrogen (secondary N) is 1. The summed E-state index contributed by atoms with van der Waals surface area (Å²) in [5.74, 6) is 2.14. The van der Waals surface area contributed by atoms with E-state index in [2.05, 4.69) is 5.32 Å². The molecule has 3 fully saturated rings. The normalized spacial score (nSPS) is 47.7. The standard InChI is InChI=1S/C10H13NO2/c12-9-4-8(10(13)11-9)6-2-1-5-3-7(5)6/h5-8H,1-4H2,(H,11,12,13).